The molecule has 0 aliphatic rings. The Morgan fingerprint density at radius 1 is 1.25 bits per heavy atom. The summed E-state index contributed by atoms with van der Waals surface area (Å²) in [4.78, 5) is 22.5. The van der Waals surface area contributed by atoms with Crippen LogP contribution in [0.4, 0.5) is 0 Å². The van der Waals surface area contributed by atoms with Crippen LogP contribution in [0.5, 0.6) is 0 Å². The second-order valence-electron chi connectivity index (χ2n) is 4.78. The third-order valence-electron chi connectivity index (χ3n) is 1.98. The first-order valence-electron chi connectivity index (χ1n) is 7.10. The summed E-state index contributed by atoms with van der Waals surface area (Å²) in [6.07, 6.45) is 1.25. The van der Waals surface area contributed by atoms with Crippen molar-refractivity contribution in [2.45, 2.75) is 53.1 Å². The molecule has 1 atom stereocenters. The van der Waals surface area contributed by atoms with Gasteiger partial charge >= 0.3 is 0 Å². The normalized spacial score (nSPS) is 11.6. The number of hydrogen-bond acceptors (Lipinski definition) is 5. The average molecular weight is 306 g/mol. The second-order valence-corrected chi connectivity index (χ2v) is 5.81. The summed E-state index contributed by atoms with van der Waals surface area (Å²) in [5.41, 5.74) is 0. The molecule has 5 nitrogen and oxygen atoms in total. The van der Waals surface area contributed by atoms with E-state index in [0.717, 1.165) is 0 Å². The Kier molecular flexibility index (Phi) is 16.1. The van der Waals surface area contributed by atoms with Crippen molar-refractivity contribution >= 4 is 23.5 Å². The van der Waals surface area contributed by atoms with Crippen molar-refractivity contribution in [1.82, 2.24) is 10.6 Å². The first kappa shape index (κ1) is 21.7. The number of carbonyl (C=O) groups excluding carboxylic acids is 2. The molecule has 0 rings (SSSR count). The van der Waals surface area contributed by atoms with Crippen LogP contribution in [-0.4, -0.2) is 53.5 Å². The molecule has 1 unspecified atom stereocenters. The third kappa shape index (κ3) is 15.5. The Hall–Kier alpha value is -0.590. The van der Waals surface area contributed by atoms with Gasteiger partial charge in [0.2, 0.25) is 5.91 Å². The zero-order chi connectivity index (χ0) is 16.0. The SMILES string of the molecule is CC(=O)C(CSCC(=O)NCCO)NC(C)C.CCC. The van der Waals surface area contributed by atoms with Crippen molar-refractivity contribution in [2.75, 3.05) is 24.7 Å². The minimum atomic E-state index is -0.203. The van der Waals surface area contributed by atoms with Crippen molar-refractivity contribution in [3.05, 3.63) is 0 Å². The Balaban J connectivity index is 0. The number of carbonyl (C=O) groups is 2. The molecule has 0 aliphatic heterocycles. The number of aliphatic hydroxyl groups is 1. The second kappa shape index (κ2) is 14.8. The molecule has 0 radical (unpaired) electrons. The van der Waals surface area contributed by atoms with E-state index in [-0.39, 0.29) is 36.9 Å². The van der Waals surface area contributed by atoms with Gasteiger partial charge in [-0.2, -0.15) is 0 Å². The highest BCUT2D eigenvalue weighted by Gasteiger charge is 2.15. The lowest BCUT2D eigenvalue weighted by Crippen LogP contribution is -2.42. The zero-order valence-corrected chi connectivity index (χ0v) is 14.2. The molecule has 0 saturated heterocycles. The number of amides is 1. The zero-order valence-electron chi connectivity index (χ0n) is 13.4. The number of nitrogens with one attached hydrogen (secondary N) is 2. The van der Waals surface area contributed by atoms with E-state index in [4.69, 9.17) is 5.11 Å². The van der Waals surface area contributed by atoms with Gasteiger partial charge in [0.1, 0.15) is 5.78 Å². The molecule has 0 aliphatic carbocycles. The first-order chi connectivity index (χ1) is 9.38. The molecule has 6 heteroatoms. The Morgan fingerprint density at radius 3 is 2.20 bits per heavy atom. The van der Waals surface area contributed by atoms with E-state index >= 15 is 0 Å². The lowest BCUT2D eigenvalue weighted by molar-refractivity contribution is -0.119. The molecule has 0 aromatic heterocycles. The van der Waals surface area contributed by atoms with E-state index in [1.54, 1.807) is 6.92 Å². The third-order valence-corrected chi connectivity index (χ3v) is 3.01. The van der Waals surface area contributed by atoms with Gasteiger partial charge in [-0.25, -0.2) is 0 Å². The highest BCUT2D eigenvalue weighted by Crippen LogP contribution is 2.04. The Labute approximate surface area is 127 Å². The standard InChI is InChI=1S/C11H22N2O3S.C3H8/c1-8(2)13-10(9(3)15)6-17-7-11(16)12-4-5-14;1-3-2/h8,10,13-14H,4-7H2,1-3H3,(H,12,16);3H2,1-2H3. The molecular weight excluding hydrogens is 276 g/mol. The average Bonchev–Trinajstić information content (AvgIpc) is 2.35. The van der Waals surface area contributed by atoms with Gasteiger partial charge in [0.15, 0.2) is 0 Å². The number of thioether (sulfide) groups is 1. The molecule has 20 heavy (non-hydrogen) atoms. The molecule has 0 bridgehead atoms. The molecule has 0 spiro atoms. The summed E-state index contributed by atoms with van der Waals surface area (Å²) < 4.78 is 0. The van der Waals surface area contributed by atoms with E-state index in [2.05, 4.69) is 24.5 Å². The van der Waals surface area contributed by atoms with Gasteiger partial charge in [0.25, 0.3) is 0 Å². The summed E-state index contributed by atoms with van der Waals surface area (Å²) in [5, 5.41) is 14.2. The highest BCUT2D eigenvalue weighted by molar-refractivity contribution is 8.00. The molecular formula is C14H30N2O3S. The predicted octanol–water partition coefficient (Wildman–Crippen LogP) is 1.20. The smallest absolute Gasteiger partial charge is 0.230 e. The van der Waals surface area contributed by atoms with Gasteiger partial charge in [0, 0.05) is 18.3 Å². The van der Waals surface area contributed by atoms with Crippen molar-refractivity contribution < 1.29 is 14.7 Å². The van der Waals surface area contributed by atoms with Crippen LogP contribution in [-0.2, 0) is 9.59 Å². The first-order valence-corrected chi connectivity index (χ1v) is 8.26. The largest absolute Gasteiger partial charge is 0.395 e. The van der Waals surface area contributed by atoms with Crippen LogP contribution in [0.15, 0.2) is 0 Å². The van der Waals surface area contributed by atoms with Crippen LogP contribution in [0.1, 0.15) is 41.0 Å². The molecule has 0 saturated carbocycles. The monoisotopic (exact) mass is 306 g/mol. The summed E-state index contributed by atoms with van der Waals surface area (Å²) in [7, 11) is 0. The molecule has 3 N–H and O–H groups in total. The van der Waals surface area contributed by atoms with Crippen LogP contribution in [0, 0.1) is 0 Å². The topological polar surface area (TPSA) is 78.4 Å². The van der Waals surface area contributed by atoms with E-state index < -0.39 is 0 Å². The van der Waals surface area contributed by atoms with E-state index in [0.29, 0.717) is 11.5 Å². The van der Waals surface area contributed by atoms with Gasteiger partial charge in [-0.15, -0.1) is 11.8 Å². The minimum Gasteiger partial charge on any atom is -0.395 e. The Morgan fingerprint density at radius 2 is 1.80 bits per heavy atom. The van der Waals surface area contributed by atoms with E-state index in [1.165, 1.54) is 18.2 Å². The molecule has 0 aromatic rings. The van der Waals surface area contributed by atoms with Gasteiger partial charge in [-0.3, -0.25) is 9.59 Å². The lowest BCUT2D eigenvalue weighted by Gasteiger charge is -2.18. The highest BCUT2D eigenvalue weighted by atomic mass is 32.2. The van der Waals surface area contributed by atoms with Gasteiger partial charge in [-0.05, 0) is 6.92 Å². The fraction of sp³-hybridized carbons (Fsp3) is 0.857. The van der Waals surface area contributed by atoms with Crippen molar-refractivity contribution in [3.63, 3.8) is 0 Å². The number of ketones is 1. The van der Waals surface area contributed by atoms with Crippen LogP contribution in [0.25, 0.3) is 0 Å². The summed E-state index contributed by atoms with van der Waals surface area (Å²) in [5.74, 6) is 0.863. The fourth-order valence-electron chi connectivity index (χ4n) is 1.20. The Bertz CT molecular complexity index is 261. The summed E-state index contributed by atoms with van der Waals surface area (Å²) in [6, 6.07) is 0.0401. The van der Waals surface area contributed by atoms with E-state index in [9.17, 15) is 9.59 Å². The van der Waals surface area contributed by atoms with Gasteiger partial charge in [-0.1, -0.05) is 34.1 Å². The fourth-order valence-corrected chi connectivity index (χ4v) is 2.17. The summed E-state index contributed by atoms with van der Waals surface area (Å²) in [6.45, 7) is 9.98. The molecule has 0 fully saturated rings. The van der Waals surface area contributed by atoms with Crippen molar-refractivity contribution in [3.8, 4) is 0 Å². The molecule has 0 aromatic carbocycles. The van der Waals surface area contributed by atoms with Crippen LogP contribution >= 0.6 is 11.8 Å². The maximum absolute atomic E-state index is 11.3. The maximum Gasteiger partial charge on any atom is 0.230 e. The molecule has 120 valence electrons. The van der Waals surface area contributed by atoms with Crippen LogP contribution < -0.4 is 10.6 Å². The van der Waals surface area contributed by atoms with E-state index in [1.807, 2.05) is 13.8 Å². The van der Waals surface area contributed by atoms with Crippen LogP contribution in [0.3, 0.4) is 0 Å². The summed E-state index contributed by atoms with van der Waals surface area (Å²) >= 11 is 1.41. The molecule has 0 heterocycles. The minimum absolute atomic E-state index is 0.0542. The number of hydrogen-bond donors (Lipinski definition) is 3. The van der Waals surface area contributed by atoms with Crippen molar-refractivity contribution in [1.29, 1.82) is 0 Å². The number of aliphatic hydroxyl groups excluding tert-OH is 1. The molecule has 1 amide bonds. The van der Waals surface area contributed by atoms with Gasteiger partial charge < -0.3 is 15.7 Å². The lowest BCUT2D eigenvalue weighted by atomic mass is 10.2. The maximum atomic E-state index is 11.3. The van der Waals surface area contributed by atoms with Crippen molar-refractivity contribution in [2.24, 2.45) is 0 Å². The quantitative estimate of drug-likeness (QED) is 0.596. The number of Topliss-reactive ketones (excluding diaryl/α,β-unsaturated/α-hetero) is 1. The predicted molar refractivity (Wildman–Crippen MR) is 86.1 cm³/mol. The van der Waals surface area contributed by atoms with Gasteiger partial charge in [0.05, 0.1) is 18.4 Å². The number of rotatable bonds is 9. The van der Waals surface area contributed by atoms with Crippen LogP contribution in [0.2, 0.25) is 0 Å².